The average Bonchev–Trinajstić information content (AvgIpc) is 2.63. The summed E-state index contributed by atoms with van der Waals surface area (Å²) in [6.07, 6.45) is 6.86. The lowest BCUT2D eigenvalue weighted by Gasteiger charge is -2.22. The van der Waals surface area contributed by atoms with Gasteiger partial charge in [0.05, 0.1) is 12.9 Å². The van der Waals surface area contributed by atoms with Gasteiger partial charge >= 0.3 is 5.97 Å². The fourth-order valence-electron chi connectivity index (χ4n) is 3.08. The normalized spacial score (nSPS) is 14.8. The first kappa shape index (κ1) is 24.5. The summed E-state index contributed by atoms with van der Waals surface area (Å²) in [6, 6.07) is 4.89. The van der Waals surface area contributed by atoms with Crippen molar-refractivity contribution in [2.75, 3.05) is 30.7 Å². The number of unbranched alkanes of at least 4 members (excludes halogenated alkanes) is 1. The van der Waals surface area contributed by atoms with Gasteiger partial charge in [0.25, 0.3) is 0 Å². The van der Waals surface area contributed by atoms with Crippen molar-refractivity contribution >= 4 is 34.1 Å². The Morgan fingerprint density at radius 3 is 2.54 bits per heavy atom. The van der Waals surface area contributed by atoms with Gasteiger partial charge in [-0.2, -0.15) is 0 Å². The molecule has 1 aromatic rings. The van der Waals surface area contributed by atoms with Crippen LogP contribution in [-0.2, 0) is 14.8 Å². The third-order valence-electron chi connectivity index (χ3n) is 4.51. The van der Waals surface area contributed by atoms with Crippen molar-refractivity contribution in [3.63, 3.8) is 0 Å². The number of nitrogens with one attached hydrogen (secondary N) is 2. The highest BCUT2D eigenvalue weighted by Crippen LogP contribution is 2.35. The van der Waals surface area contributed by atoms with E-state index < -0.39 is 16.0 Å². The number of anilines is 1. The van der Waals surface area contributed by atoms with Crippen LogP contribution in [0.1, 0.15) is 45.4 Å². The van der Waals surface area contributed by atoms with Crippen LogP contribution in [0.3, 0.4) is 0 Å². The zero-order chi connectivity index (χ0) is 19.7. The summed E-state index contributed by atoms with van der Waals surface area (Å²) in [4.78, 5) is 11.6. The molecule has 0 amide bonds. The smallest absolute Gasteiger partial charge is 0.310 e. The van der Waals surface area contributed by atoms with E-state index in [-0.39, 0.29) is 30.3 Å². The summed E-state index contributed by atoms with van der Waals surface area (Å²) in [5, 5.41) is 3.37. The third kappa shape index (κ3) is 8.67. The number of piperidine rings is 1. The van der Waals surface area contributed by atoms with E-state index in [0.717, 1.165) is 38.1 Å². The molecular weight excluding hydrogens is 404 g/mol. The molecule has 160 valence electrons. The van der Waals surface area contributed by atoms with Gasteiger partial charge in [0.1, 0.15) is 11.4 Å². The van der Waals surface area contributed by atoms with Gasteiger partial charge in [-0.1, -0.05) is 19.4 Å². The molecule has 0 spiro atoms. The number of ether oxygens (including phenoxy) is 2. The molecule has 0 aromatic heterocycles. The molecule has 2 rings (SSSR count). The van der Waals surface area contributed by atoms with Crippen molar-refractivity contribution in [1.29, 1.82) is 0 Å². The molecule has 1 saturated heterocycles. The number of hydrogen-bond acceptors (Lipinski definition) is 6. The number of carbonyl (C=O) groups is 1. The minimum atomic E-state index is -3.54. The Morgan fingerprint density at radius 2 is 1.89 bits per heavy atom. The first-order valence-electron chi connectivity index (χ1n) is 9.54. The van der Waals surface area contributed by atoms with Crippen LogP contribution >= 0.6 is 12.4 Å². The largest absolute Gasteiger partial charge is 0.491 e. The minimum absolute atomic E-state index is 0. The number of para-hydroxylation sites is 1. The second-order valence-electron chi connectivity index (χ2n) is 6.87. The number of esters is 1. The topological polar surface area (TPSA) is 93.7 Å². The fraction of sp³-hybridized carbons (Fsp3) is 0.632. The summed E-state index contributed by atoms with van der Waals surface area (Å²) in [5.41, 5.74) is 0.167. The van der Waals surface area contributed by atoms with Gasteiger partial charge in [-0.25, -0.2) is 8.42 Å². The lowest BCUT2D eigenvalue weighted by atomic mass is 9.93. The van der Waals surface area contributed by atoms with Crippen LogP contribution in [0.25, 0.3) is 0 Å². The second kappa shape index (κ2) is 12.1. The first-order chi connectivity index (χ1) is 12.9. The van der Waals surface area contributed by atoms with Gasteiger partial charge in [0.15, 0.2) is 5.75 Å². The first-order valence-corrected chi connectivity index (χ1v) is 11.4. The minimum Gasteiger partial charge on any atom is -0.491 e. The van der Waals surface area contributed by atoms with Gasteiger partial charge in [-0.3, -0.25) is 9.52 Å². The average molecular weight is 435 g/mol. The predicted octanol–water partition coefficient (Wildman–Crippen LogP) is 3.34. The summed E-state index contributed by atoms with van der Waals surface area (Å²) in [5.74, 6) is 0.861. The molecule has 0 saturated carbocycles. The maximum atomic E-state index is 11.7. The highest BCUT2D eigenvalue weighted by Gasteiger charge is 2.17. The molecule has 0 atom stereocenters. The van der Waals surface area contributed by atoms with E-state index in [1.54, 1.807) is 25.1 Å². The highest BCUT2D eigenvalue weighted by molar-refractivity contribution is 7.92. The number of carbonyl (C=O) groups excluding carboxylic acids is 1. The zero-order valence-corrected chi connectivity index (χ0v) is 18.2. The van der Waals surface area contributed by atoms with Crippen LogP contribution in [0.15, 0.2) is 18.2 Å². The maximum Gasteiger partial charge on any atom is 0.310 e. The van der Waals surface area contributed by atoms with E-state index in [4.69, 9.17) is 9.47 Å². The van der Waals surface area contributed by atoms with Crippen LogP contribution in [0.5, 0.6) is 11.5 Å². The summed E-state index contributed by atoms with van der Waals surface area (Å²) in [7, 11) is -3.54. The molecule has 0 bridgehead atoms. The molecule has 0 radical (unpaired) electrons. The van der Waals surface area contributed by atoms with Gasteiger partial charge in [-0.05, 0) is 56.8 Å². The lowest BCUT2D eigenvalue weighted by Crippen LogP contribution is -2.27. The monoisotopic (exact) mass is 434 g/mol. The van der Waals surface area contributed by atoms with Crippen molar-refractivity contribution in [3.05, 3.63) is 18.2 Å². The van der Waals surface area contributed by atoms with Crippen molar-refractivity contribution in [1.82, 2.24) is 5.32 Å². The molecule has 28 heavy (non-hydrogen) atoms. The van der Waals surface area contributed by atoms with Gasteiger partial charge < -0.3 is 14.8 Å². The van der Waals surface area contributed by atoms with Gasteiger partial charge in [0, 0.05) is 6.42 Å². The molecule has 7 nitrogen and oxygen atoms in total. The maximum absolute atomic E-state index is 11.7. The Hall–Kier alpha value is -1.51. The number of hydrogen-bond donors (Lipinski definition) is 2. The van der Waals surface area contributed by atoms with Crippen molar-refractivity contribution in [2.45, 2.75) is 45.4 Å². The van der Waals surface area contributed by atoms with E-state index in [1.807, 2.05) is 0 Å². The Kier molecular flexibility index (Phi) is 10.6. The van der Waals surface area contributed by atoms with E-state index >= 15 is 0 Å². The molecule has 9 heteroatoms. The van der Waals surface area contributed by atoms with E-state index in [0.29, 0.717) is 12.4 Å². The number of sulfonamides is 1. The second-order valence-corrected chi connectivity index (χ2v) is 8.62. The van der Waals surface area contributed by atoms with Crippen molar-refractivity contribution in [2.24, 2.45) is 5.92 Å². The van der Waals surface area contributed by atoms with Crippen LogP contribution in [0.2, 0.25) is 0 Å². The molecule has 0 aliphatic carbocycles. The molecule has 0 unspecified atom stereocenters. The molecule has 1 aromatic carbocycles. The lowest BCUT2D eigenvalue weighted by molar-refractivity contribution is -0.133. The Labute approximate surface area is 174 Å². The number of halogens is 1. The molecule has 1 heterocycles. The quantitative estimate of drug-likeness (QED) is 0.333. The summed E-state index contributed by atoms with van der Waals surface area (Å²) >= 11 is 0. The third-order valence-corrected chi connectivity index (χ3v) is 5.09. The fourth-order valence-corrected chi connectivity index (χ4v) is 3.66. The number of benzene rings is 1. The zero-order valence-electron chi connectivity index (χ0n) is 16.5. The van der Waals surface area contributed by atoms with E-state index in [1.165, 1.54) is 19.3 Å². The predicted molar refractivity (Wildman–Crippen MR) is 113 cm³/mol. The standard InChI is InChI=1S/C19H30N2O5S.ClH/c1-3-18(22)26-17-9-6-8-16(19(17)21-27(2,23)24)25-14-5-4-7-15-10-12-20-13-11-15;/h6,8-9,15,20-21H,3-5,7,10-14H2,1-2H3;1H. The molecule has 1 aliphatic heterocycles. The summed E-state index contributed by atoms with van der Waals surface area (Å²) in [6.45, 7) is 4.36. The Balaban J connectivity index is 0.00000392. The Morgan fingerprint density at radius 1 is 1.21 bits per heavy atom. The van der Waals surface area contributed by atoms with Gasteiger partial charge in [0.2, 0.25) is 10.0 Å². The molecule has 2 N–H and O–H groups in total. The van der Waals surface area contributed by atoms with Crippen LogP contribution < -0.4 is 19.5 Å². The van der Waals surface area contributed by atoms with E-state index in [2.05, 4.69) is 10.0 Å². The van der Waals surface area contributed by atoms with Crippen LogP contribution in [-0.4, -0.2) is 40.3 Å². The SMILES string of the molecule is CCC(=O)Oc1cccc(OCCCCC2CCNCC2)c1NS(C)(=O)=O.Cl. The Bertz CT molecular complexity index is 721. The molecule has 1 aliphatic rings. The van der Waals surface area contributed by atoms with E-state index in [9.17, 15) is 13.2 Å². The highest BCUT2D eigenvalue weighted by atomic mass is 35.5. The van der Waals surface area contributed by atoms with Crippen LogP contribution in [0, 0.1) is 5.92 Å². The molecule has 1 fully saturated rings. The van der Waals surface area contributed by atoms with Gasteiger partial charge in [-0.15, -0.1) is 12.4 Å². The van der Waals surface area contributed by atoms with Crippen molar-refractivity contribution < 1.29 is 22.7 Å². The van der Waals surface area contributed by atoms with Crippen LogP contribution in [0.4, 0.5) is 5.69 Å². The van der Waals surface area contributed by atoms with Crippen molar-refractivity contribution in [3.8, 4) is 11.5 Å². The molecular formula is C19H31ClN2O5S. The summed E-state index contributed by atoms with van der Waals surface area (Å²) < 4.78 is 36.8. The number of rotatable bonds is 10.